The molecule has 86 valence electrons. The lowest BCUT2D eigenvalue weighted by Gasteiger charge is -2.06. The summed E-state index contributed by atoms with van der Waals surface area (Å²) in [6, 6.07) is 8.49. The molecule has 1 aromatic heterocycles. The van der Waals surface area contributed by atoms with Crippen molar-refractivity contribution in [2.24, 2.45) is 5.92 Å². The van der Waals surface area contributed by atoms with E-state index in [1.54, 1.807) is 12.1 Å². The number of hydrogen-bond donors (Lipinski definition) is 0. The summed E-state index contributed by atoms with van der Waals surface area (Å²) in [7, 11) is 0. The summed E-state index contributed by atoms with van der Waals surface area (Å²) in [6.07, 6.45) is 2.22. The number of fused-ring (bicyclic) bond motifs is 1. The van der Waals surface area contributed by atoms with Crippen molar-refractivity contribution < 1.29 is 9.15 Å². The van der Waals surface area contributed by atoms with E-state index >= 15 is 0 Å². The van der Waals surface area contributed by atoms with Gasteiger partial charge in [-0.3, -0.25) is 4.79 Å². The second-order valence-corrected chi connectivity index (χ2v) is 4.27. The molecule has 0 atom stereocenters. The van der Waals surface area contributed by atoms with Crippen molar-refractivity contribution in [2.45, 2.75) is 12.8 Å². The van der Waals surface area contributed by atoms with Crippen LogP contribution in [0.1, 0.15) is 12.8 Å². The quantitative estimate of drug-likeness (QED) is 0.758. The van der Waals surface area contributed by atoms with Gasteiger partial charge in [-0.2, -0.15) is 0 Å². The van der Waals surface area contributed by atoms with Crippen molar-refractivity contribution in [2.75, 3.05) is 0 Å². The average molecular weight is 228 g/mol. The number of rotatable bonds is 3. The first kappa shape index (κ1) is 10.1. The van der Waals surface area contributed by atoms with Gasteiger partial charge in [-0.25, -0.2) is 0 Å². The molecule has 0 radical (unpaired) electrons. The molecule has 3 heteroatoms. The van der Waals surface area contributed by atoms with Crippen molar-refractivity contribution in [3.8, 4) is 5.95 Å². The van der Waals surface area contributed by atoms with Crippen LogP contribution in [0.15, 0.2) is 51.9 Å². The second kappa shape index (κ2) is 3.77. The number of allylic oxidation sites excluding steroid dienone is 1. The van der Waals surface area contributed by atoms with Gasteiger partial charge in [0.05, 0.1) is 11.5 Å². The Bertz CT molecular complexity index is 635. The smallest absolute Gasteiger partial charge is 0.293 e. The normalized spacial score (nSPS) is 14.8. The monoisotopic (exact) mass is 228 g/mol. The van der Waals surface area contributed by atoms with Gasteiger partial charge in [0.25, 0.3) is 5.95 Å². The Hall–Kier alpha value is -2.03. The van der Waals surface area contributed by atoms with Crippen molar-refractivity contribution in [1.82, 2.24) is 0 Å². The molecular weight excluding hydrogens is 216 g/mol. The van der Waals surface area contributed by atoms with Crippen LogP contribution in [0.25, 0.3) is 11.0 Å². The number of ether oxygens (including phenoxy) is 1. The topological polar surface area (TPSA) is 39.4 Å². The summed E-state index contributed by atoms with van der Waals surface area (Å²) >= 11 is 0. The molecule has 0 N–H and O–H groups in total. The van der Waals surface area contributed by atoms with Gasteiger partial charge in [-0.05, 0) is 25.0 Å². The lowest BCUT2D eigenvalue weighted by atomic mass is 10.2. The lowest BCUT2D eigenvalue weighted by Crippen LogP contribution is -2.03. The van der Waals surface area contributed by atoms with Crippen LogP contribution in [0.5, 0.6) is 5.95 Å². The minimum absolute atomic E-state index is 0.0922. The maximum absolute atomic E-state index is 11.8. The number of hydrogen-bond acceptors (Lipinski definition) is 3. The zero-order valence-corrected chi connectivity index (χ0v) is 9.31. The molecule has 3 rings (SSSR count). The molecule has 3 nitrogen and oxygen atoms in total. The molecule has 0 saturated heterocycles. The van der Waals surface area contributed by atoms with E-state index in [1.807, 2.05) is 12.1 Å². The molecule has 2 aromatic rings. The second-order valence-electron chi connectivity index (χ2n) is 4.27. The summed E-state index contributed by atoms with van der Waals surface area (Å²) in [4.78, 5) is 11.8. The third-order valence-electron chi connectivity index (χ3n) is 2.88. The summed E-state index contributed by atoms with van der Waals surface area (Å²) in [6.45, 7) is 3.84. The first-order chi connectivity index (χ1) is 8.24. The van der Waals surface area contributed by atoms with Gasteiger partial charge < -0.3 is 9.15 Å². The highest BCUT2D eigenvalue weighted by atomic mass is 16.6. The van der Waals surface area contributed by atoms with E-state index in [2.05, 4.69) is 6.58 Å². The minimum atomic E-state index is -0.0922. The van der Waals surface area contributed by atoms with E-state index < -0.39 is 0 Å². The maximum atomic E-state index is 11.8. The van der Waals surface area contributed by atoms with Crippen LogP contribution < -0.4 is 10.2 Å². The third-order valence-corrected chi connectivity index (χ3v) is 2.88. The molecule has 1 fully saturated rings. The molecule has 0 aliphatic heterocycles. The van der Waals surface area contributed by atoms with Gasteiger partial charge in [0.2, 0.25) is 0 Å². The van der Waals surface area contributed by atoms with Crippen molar-refractivity contribution in [3.05, 3.63) is 52.9 Å². The summed E-state index contributed by atoms with van der Waals surface area (Å²) in [5, 5.41) is 0.567. The fourth-order valence-electron chi connectivity index (χ4n) is 1.75. The Morgan fingerprint density at radius 2 is 2.12 bits per heavy atom. The Morgan fingerprint density at radius 3 is 2.88 bits per heavy atom. The van der Waals surface area contributed by atoms with Crippen LogP contribution in [-0.4, -0.2) is 0 Å². The fraction of sp³-hybridized carbons (Fsp3) is 0.214. The van der Waals surface area contributed by atoms with Gasteiger partial charge in [-0.1, -0.05) is 18.7 Å². The fourth-order valence-corrected chi connectivity index (χ4v) is 1.75. The predicted molar refractivity (Wildman–Crippen MR) is 65.0 cm³/mol. The lowest BCUT2D eigenvalue weighted by molar-refractivity contribution is 0.304. The zero-order valence-electron chi connectivity index (χ0n) is 9.31. The molecule has 1 aliphatic carbocycles. The first-order valence-corrected chi connectivity index (χ1v) is 5.63. The first-order valence-electron chi connectivity index (χ1n) is 5.63. The van der Waals surface area contributed by atoms with E-state index in [-0.39, 0.29) is 11.4 Å². The van der Waals surface area contributed by atoms with Gasteiger partial charge in [-0.15, -0.1) is 0 Å². The SMILES string of the molecule is C=C(Oc1cc(=O)c2ccccc2o1)C1CC1. The van der Waals surface area contributed by atoms with E-state index in [1.165, 1.54) is 6.07 Å². The highest BCUT2D eigenvalue weighted by Crippen LogP contribution is 2.36. The standard InChI is InChI=1S/C14H12O3/c1-9(10-6-7-10)16-14-8-12(15)11-4-2-3-5-13(11)17-14/h2-5,8,10H,1,6-7H2. The van der Waals surface area contributed by atoms with E-state index in [9.17, 15) is 4.79 Å². The van der Waals surface area contributed by atoms with Gasteiger partial charge in [0.1, 0.15) is 11.3 Å². The Morgan fingerprint density at radius 1 is 1.35 bits per heavy atom. The van der Waals surface area contributed by atoms with E-state index in [0.717, 1.165) is 12.8 Å². The number of benzene rings is 1. The van der Waals surface area contributed by atoms with Crippen LogP contribution in [-0.2, 0) is 0 Å². The molecule has 17 heavy (non-hydrogen) atoms. The van der Waals surface area contributed by atoms with Crippen LogP contribution >= 0.6 is 0 Å². The molecule has 0 spiro atoms. The summed E-state index contributed by atoms with van der Waals surface area (Å²) in [5.74, 6) is 1.33. The van der Waals surface area contributed by atoms with Crippen LogP contribution in [0.3, 0.4) is 0 Å². The van der Waals surface area contributed by atoms with Crippen molar-refractivity contribution >= 4 is 11.0 Å². The zero-order chi connectivity index (χ0) is 11.8. The van der Waals surface area contributed by atoms with Crippen LogP contribution in [0.2, 0.25) is 0 Å². The Balaban J connectivity index is 2.00. The molecule has 0 amide bonds. The van der Waals surface area contributed by atoms with Crippen molar-refractivity contribution in [3.63, 3.8) is 0 Å². The third kappa shape index (κ3) is 1.96. The average Bonchev–Trinajstić information content (AvgIpc) is 3.13. The Kier molecular flexibility index (Phi) is 2.25. The molecule has 1 aliphatic rings. The van der Waals surface area contributed by atoms with Gasteiger partial charge in [0, 0.05) is 5.92 Å². The van der Waals surface area contributed by atoms with Gasteiger partial charge in [0.15, 0.2) is 5.43 Å². The summed E-state index contributed by atoms with van der Waals surface area (Å²) in [5.41, 5.74) is 0.448. The van der Waals surface area contributed by atoms with E-state index in [4.69, 9.17) is 9.15 Å². The maximum Gasteiger partial charge on any atom is 0.293 e. The summed E-state index contributed by atoms with van der Waals surface area (Å²) < 4.78 is 11.0. The molecule has 1 saturated carbocycles. The van der Waals surface area contributed by atoms with Crippen LogP contribution in [0.4, 0.5) is 0 Å². The highest BCUT2D eigenvalue weighted by molar-refractivity contribution is 5.76. The molecule has 1 heterocycles. The minimum Gasteiger partial charge on any atom is -0.431 e. The molecule has 1 aromatic carbocycles. The molecule has 0 unspecified atom stereocenters. The predicted octanol–water partition coefficient (Wildman–Crippen LogP) is 3.10. The highest BCUT2D eigenvalue weighted by Gasteiger charge is 2.27. The molecular formula is C14H12O3. The largest absolute Gasteiger partial charge is 0.431 e. The molecule has 0 bridgehead atoms. The van der Waals surface area contributed by atoms with Gasteiger partial charge >= 0.3 is 0 Å². The van der Waals surface area contributed by atoms with E-state index in [0.29, 0.717) is 22.6 Å². The van der Waals surface area contributed by atoms with Crippen LogP contribution in [0, 0.1) is 5.92 Å². The number of para-hydroxylation sites is 1. The Labute approximate surface area is 98.3 Å². The van der Waals surface area contributed by atoms with Crippen molar-refractivity contribution in [1.29, 1.82) is 0 Å².